The molecule has 0 bridgehead atoms. The van der Waals surface area contributed by atoms with Gasteiger partial charge in [0.1, 0.15) is 0 Å². The van der Waals surface area contributed by atoms with Crippen molar-refractivity contribution >= 4 is 15.9 Å². The molecule has 0 aliphatic carbocycles. The molecular weight excluding hydrogens is 252 g/mol. The molecule has 1 nitrogen and oxygen atoms in total. The van der Waals surface area contributed by atoms with Crippen LogP contribution in [0.3, 0.4) is 0 Å². The smallest absolute Gasteiger partial charge is 0.0462 e. The number of alkyl halides is 1. The van der Waals surface area contributed by atoms with E-state index in [2.05, 4.69) is 47.1 Å². The molecule has 1 atom stereocenters. The number of benzene rings is 1. The quantitative estimate of drug-likeness (QED) is 0.563. The molecule has 0 heterocycles. The minimum atomic E-state index is 0.612. The van der Waals surface area contributed by atoms with Crippen LogP contribution in [0.1, 0.15) is 29.9 Å². The average Bonchev–Trinajstić information content (AvgIpc) is 2.26. The zero-order valence-electron chi connectivity index (χ0n) is 9.50. The molecule has 1 unspecified atom stereocenters. The van der Waals surface area contributed by atoms with Crippen LogP contribution >= 0.6 is 15.9 Å². The van der Waals surface area contributed by atoms with Crippen molar-refractivity contribution in [3.63, 3.8) is 0 Å². The molecule has 0 radical (unpaired) electrons. The summed E-state index contributed by atoms with van der Waals surface area (Å²) in [7, 11) is 1.76. The van der Waals surface area contributed by atoms with Crippen molar-refractivity contribution in [2.24, 2.45) is 0 Å². The summed E-state index contributed by atoms with van der Waals surface area (Å²) in [5, 5.41) is 1.03. The number of hydrogen-bond acceptors (Lipinski definition) is 1. The molecule has 84 valence electrons. The molecule has 0 aliphatic rings. The van der Waals surface area contributed by atoms with Crippen LogP contribution in [-0.2, 0) is 4.74 Å². The summed E-state index contributed by atoms with van der Waals surface area (Å²) in [5.74, 6) is 0.612. The van der Waals surface area contributed by atoms with Gasteiger partial charge in [-0.2, -0.15) is 0 Å². The fraction of sp³-hybridized carbons (Fsp3) is 0.538. The Morgan fingerprint density at radius 3 is 2.67 bits per heavy atom. The Balaban J connectivity index is 2.61. The molecule has 15 heavy (non-hydrogen) atoms. The SMILES string of the molecule is COCCCC(CBr)c1ccccc1C. The van der Waals surface area contributed by atoms with E-state index in [0.29, 0.717) is 5.92 Å². The molecule has 0 spiro atoms. The van der Waals surface area contributed by atoms with E-state index >= 15 is 0 Å². The molecule has 1 aromatic carbocycles. The highest BCUT2D eigenvalue weighted by Crippen LogP contribution is 2.26. The lowest BCUT2D eigenvalue weighted by atomic mass is 9.93. The lowest BCUT2D eigenvalue weighted by Crippen LogP contribution is -2.04. The molecule has 0 N–H and O–H groups in total. The topological polar surface area (TPSA) is 9.23 Å². The fourth-order valence-corrected chi connectivity index (χ4v) is 2.51. The maximum absolute atomic E-state index is 5.09. The highest BCUT2D eigenvalue weighted by atomic mass is 79.9. The van der Waals surface area contributed by atoms with Crippen molar-refractivity contribution in [3.8, 4) is 0 Å². The first-order valence-electron chi connectivity index (χ1n) is 5.40. The first-order valence-corrected chi connectivity index (χ1v) is 6.52. The molecule has 1 rings (SSSR count). The summed E-state index contributed by atoms with van der Waals surface area (Å²) in [4.78, 5) is 0. The summed E-state index contributed by atoms with van der Waals surface area (Å²) in [5.41, 5.74) is 2.85. The van der Waals surface area contributed by atoms with Gasteiger partial charge >= 0.3 is 0 Å². The van der Waals surface area contributed by atoms with E-state index in [4.69, 9.17) is 4.74 Å². The minimum Gasteiger partial charge on any atom is -0.385 e. The Hall–Kier alpha value is -0.340. The van der Waals surface area contributed by atoms with Gasteiger partial charge in [-0.1, -0.05) is 40.2 Å². The van der Waals surface area contributed by atoms with Gasteiger partial charge in [0.05, 0.1) is 0 Å². The Bertz CT molecular complexity index is 286. The number of ether oxygens (including phenoxy) is 1. The second-order valence-corrected chi connectivity index (χ2v) is 4.49. The van der Waals surface area contributed by atoms with Crippen molar-refractivity contribution in [1.82, 2.24) is 0 Å². The van der Waals surface area contributed by atoms with Crippen molar-refractivity contribution in [2.75, 3.05) is 19.0 Å². The second kappa shape index (κ2) is 7.02. The third-order valence-corrected chi connectivity index (χ3v) is 3.50. The monoisotopic (exact) mass is 270 g/mol. The summed E-state index contributed by atoms with van der Waals surface area (Å²) < 4.78 is 5.09. The van der Waals surface area contributed by atoms with Gasteiger partial charge in [-0.15, -0.1) is 0 Å². The van der Waals surface area contributed by atoms with Gasteiger partial charge < -0.3 is 4.74 Å². The molecule has 0 amide bonds. The number of methoxy groups -OCH3 is 1. The molecular formula is C13H19BrO. The van der Waals surface area contributed by atoms with E-state index < -0.39 is 0 Å². The Morgan fingerprint density at radius 1 is 1.33 bits per heavy atom. The first kappa shape index (κ1) is 12.7. The number of aryl methyl sites for hydroxylation is 1. The van der Waals surface area contributed by atoms with Crippen LogP contribution in [0.2, 0.25) is 0 Å². The summed E-state index contributed by atoms with van der Waals surface area (Å²) in [6, 6.07) is 8.63. The summed E-state index contributed by atoms with van der Waals surface area (Å²) in [6.07, 6.45) is 2.31. The van der Waals surface area contributed by atoms with Crippen LogP contribution in [0.4, 0.5) is 0 Å². The third-order valence-electron chi connectivity index (χ3n) is 2.72. The van der Waals surface area contributed by atoms with E-state index in [1.54, 1.807) is 7.11 Å². The Morgan fingerprint density at radius 2 is 2.07 bits per heavy atom. The van der Waals surface area contributed by atoms with Crippen LogP contribution in [0.25, 0.3) is 0 Å². The number of hydrogen-bond donors (Lipinski definition) is 0. The van der Waals surface area contributed by atoms with E-state index in [-0.39, 0.29) is 0 Å². The summed E-state index contributed by atoms with van der Waals surface area (Å²) >= 11 is 3.60. The van der Waals surface area contributed by atoms with Crippen molar-refractivity contribution < 1.29 is 4.74 Å². The van der Waals surface area contributed by atoms with Gasteiger partial charge in [0.2, 0.25) is 0 Å². The number of halogens is 1. The van der Waals surface area contributed by atoms with Crippen molar-refractivity contribution in [1.29, 1.82) is 0 Å². The highest BCUT2D eigenvalue weighted by molar-refractivity contribution is 9.09. The Kier molecular flexibility index (Phi) is 5.96. The Labute approximate surface area is 101 Å². The van der Waals surface area contributed by atoms with E-state index in [0.717, 1.165) is 18.4 Å². The van der Waals surface area contributed by atoms with Crippen LogP contribution in [0.15, 0.2) is 24.3 Å². The molecule has 0 aliphatic heterocycles. The molecule has 0 saturated carbocycles. The van der Waals surface area contributed by atoms with Crippen LogP contribution in [0.5, 0.6) is 0 Å². The van der Waals surface area contributed by atoms with E-state index in [9.17, 15) is 0 Å². The normalized spacial score (nSPS) is 12.7. The van der Waals surface area contributed by atoms with E-state index in [1.165, 1.54) is 17.5 Å². The van der Waals surface area contributed by atoms with Gasteiger partial charge in [-0.25, -0.2) is 0 Å². The number of rotatable bonds is 6. The molecule has 0 saturated heterocycles. The largest absolute Gasteiger partial charge is 0.385 e. The molecule has 1 aromatic rings. The molecule has 0 fully saturated rings. The standard InChI is InChI=1S/C13H19BrO/c1-11-6-3-4-8-13(11)12(10-14)7-5-9-15-2/h3-4,6,8,12H,5,7,9-10H2,1-2H3. The van der Waals surface area contributed by atoms with Gasteiger partial charge in [0.25, 0.3) is 0 Å². The second-order valence-electron chi connectivity index (χ2n) is 3.84. The maximum atomic E-state index is 5.09. The van der Waals surface area contributed by atoms with Crippen LogP contribution in [-0.4, -0.2) is 19.0 Å². The van der Waals surface area contributed by atoms with Gasteiger partial charge in [0, 0.05) is 19.0 Å². The van der Waals surface area contributed by atoms with Crippen LogP contribution < -0.4 is 0 Å². The van der Waals surface area contributed by atoms with Gasteiger partial charge in [-0.3, -0.25) is 0 Å². The first-order chi connectivity index (χ1) is 7.29. The fourth-order valence-electron chi connectivity index (χ4n) is 1.83. The van der Waals surface area contributed by atoms with Crippen LogP contribution in [0, 0.1) is 6.92 Å². The van der Waals surface area contributed by atoms with Gasteiger partial charge in [0.15, 0.2) is 0 Å². The van der Waals surface area contributed by atoms with Crippen molar-refractivity contribution in [2.45, 2.75) is 25.7 Å². The zero-order chi connectivity index (χ0) is 11.1. The molecule has 0 aromatic heterocycles. The third kappa shape index (κ3) is 3.96. The average molecular weight is 271 g/mol. The predicted molar refractivity (Wildman–Crippen MR) is 68.8 cm³/mol. The van der Waals surface area contributed by atoms with E-state index in [1.807, 2.05) is 0 Å². The molecule has 2 heteroatoms. The minimum absolute atomic E-state index is 0.612. The van der Waals surface area contributed by atoms with Crippen molar-refractivity contribution in [3.05, 3.63) is 35.4 Å². The summed E-state index contributed by atoms with van der Waals surface area (Å²) in [6.45, 7) is 3.04. The maximum Gasteiger partial charge on any atom is 0.0462 e. The lowest BCUT2D eigenvalue weighted by molar-refractivity contribution is 0.191. The van der Waals surface area contributed by atoms with Gasteiger partial charge in [-0.05, 0) is 36.8 Å². The predicted octanol–water partition coefficient (Wildman–Crippen LogP) is 3.90. The highest BCUT2D eigenvalue weighted by Gasteiger charge is 2.11. The lowest BCUT2D eigenvalue weighted by Gasteiger charge is -2.16. The zero-order valence-corrected chi connectivity index (χ0v) is 11.1.